The van der Waals surface area contributed by atoms with Crippen LogP contribution in [-0.4, -0.2) is 49.6 Å². The summed E-state index contributed by atoms with van der Waals surface area (Å²) < 4.78 is 5.42. The Hall–Kier alpha value is -2.93. The van der Waals surface area contributed by atoms with Gasteiger partial charge in [-0.25, -0.2) is 4.98 Å². The Kier molecular flexibility index (Phi) is 6.05. The summed E-state index contributed by atoms with van der Waals surface area (Å²) in [4.78, 5) is 32.0. The molecule has 2 amide bonds. The van der Waals surface area contributed by atoms with E-state index in [0.717, 1.165) is 31.6 Å². The number of morpholine rings is 1. The Balaban J connectivity index is 1.49. The number of carbonyl (C=O) groups excluding carboxylic acids is 2. The Morgan fingerprint density at radius 3 is 2.62 bits per heavy atom. The van der Waals surface area contributed by atoms with Crippen LogP contribution in [0.1, 0.15) is 40.1 Å². The third-order valence-electron chi connectivity index (χ3n) is 5.55. The second kappa shape index (κ2) is 9.05. The average Bonchev–Trinajstić information content (AvgIpc) is 2.73. The largest absolute Gasteiger partial charge is 0.378 e. The van der Waals surface area contributed by atoms with E-state index in [1.165, 1.54) is 6.42 Å². The molecule has 2 fully saturated rings. The zero-order valence-electron chi connectivity index (χ0n) is 16.4. The standard InChI is InChI=1S/C22H26N4O3/c27-21(17-7-1-2-9-19(17)26-11-13-29-14-12-26)25-18-8-4-10-23-20(18)22(28)24-15-16-5-3-6-16/h1-2,4,7-10,16H,3,5-6,11-15H2,(H,24,28)(H,25,27). The lowest BCUT2D eigenvalue weighted by Gasteiger charge is -2.30. The molecule has 29 heavy (non-hydrogen) atoms. The van der Waals surface area contributed by atoms with E-state index in [-0.39, 0.29) is 17.5 Å². The van der Waals surface area contributed by atoms with Gasteiger partial charge in [-0.15, -0.1) is 0 Å². The van der Waals surface area contributed by atoms with Crippen LogP contribution < -0.4 is 15.5 Å². The van der Waals surface area contributed by atoms with Gasteiger partial charge in [0.2, 0.25) is 0 Å². The number of para-hydroxylation sites is 1. The van der Waals surface area contributed by atoms with Gasteiger partial charge < -0.3 is 20.3 Å². The topological polar surface area (TPSA) is 83.6 Å². The molecule has 0 radical (unpaired) electrons. The third kappa shape index (κ3) is 4.56. The van der Waals surface area contributed by atoms with Crippen molar-refractivity contribution in [3.05, 3.63) is 53.9 Å². The van der Waals surface area contributed by atoms with E-state index in [1.54, 1.807) is 24.4 Å². The summed E-state index contributed by atoms with van der Waals surface area (Å²) >= 11 is 0. The molecule has 2 aliphatic rings. The molecule has 1 saturated carbocycles. The van der Waals surface area contributed by atoms with Gasteiger partial charge in [0.25, 0.3) is 11.8 Å². The maximum Gasteiger partial charge on any atom is 0.272 e. The van der Waals surface area contributed by atoms with Crippen LogP contribution >= 0.6 is 0 Å². The Morgan fingerprint density at radius 1 is 1.07 bits per heavy atom. The summed E-state index contributed by atoms with van der Waals surface area (Å²) in [6, 6.07) is 10.9. The van der Waals surface area contributed by atoms with Gasteiger partial charge in [-0.05, 0) is 43.0 Å². The molecule has 2 heterocycles. The highest BCUT2D eigenvalue weighted by Gasteiger charge is 2.22. The lowest BCUT2D eigenvalue weighted by Crippen LogP contribution is -2.37. The molecule has 1 aliphatic carbocycles. The van der Waals surface area contributed by atoms with Gasteiger partial charge in [0, 0.05) is 31.5 Å². The molecule has 152 valence electrons. The van der Waals surface area contributed by atoms with E-state index < -0.39 is 0 Å². The minimum Gasteiger partial charge on any atom is -0.378 e. The first-order valence-corrected chi connectivity index (χ1v) is 10.2. The molecule has 4 rings (SSSR count). The van der Waals surface area contributed by atoms with Crippen molar-refractivity contribution in [1.82, 2.24) is 10.3 Å². The monoisotopic (exact) mass is 394 g/mol. The number of hydrogen-bond donors (Lipinski definition) is 2. The molecular weight excluding hydrogens is 368 g/mol. The number of carbonyl (C=O) groups is 2. The van der Waals surface area contributed by atoms with E-state index in [0.29, 0.717) is 36.9 Å². The van der Waals surface area contributed by atoms with E-state index in [9.17, 15) is 9.59 Å². The summed E-state index contributed by atoms with van der Waals surface area (Å²) in [6.07, 6.45) is 5.11. The molecule has 1 aromatic heterocycles. The maximum absolute atomic E-state index is 13.0. The second-order valence-electron chi connectivity index (χ2n) is 7.48. The average molecular weight is 394 g/mol. The summed E-state index contributed by atoms with van der Waals surface area (Å²) in [5.41, 5.74) is 2.09. The molecule has 2 N–H and O–H groups in total. The van der Waals surface area contributed by atoms with E-state index in [4.69, 9.17) is 4.74 Å². The Morgan fingerprint density at radius 2 is 1.86 bits per heavy atom. The van der Waals surface area contributed by atoms with Crippen LogP contribution in [0, 0.1) is 5.92 Å². The smallest absolute Gasteiger partial charge is 0.272 e. The van der Waals surface area contributed by atoms with Crippen molar-refractivity contribution in [1.29, 1.82) is 0 Å². The molecule has 0 spiro atoms. The van der Waals surface area contributed by atoms with Gasteiger partial charge in [0.1, 0.15) is 0 Å². The highest BCUT2D eigenvalue weighted by molar-refractivity contribution is 6.10. The number of nitrogens with one attached hydrogen (secondary N) is 2. The summed E-state index contributed by atoms with van der Waals surface area (Å²) in [5, 5.41) is 5.83. The van der Waals surface area contributed by atoms with Gasteiger partial charge in [-0.1, -0.05) is 18.6 Å². The van der Waals surface area contributed by atoms with Crippen LogP contribution in [0.25, 0.3) is 0 Å². The van der Waals surface area contributed by atoms with Crippen molar-refractivity contribution in [2.75, 3.05) is 43.1 Å². The predicted octanol–water partition coefficient (Wildman–Crippen LogP) is 2.70. The van der Waals surface area contributed by atoms with Crippen molar-refractivity contribution in [2.45, 2.75) is 19.3 Å². The normalized spacial score (nSPS) is 16.8. The number of anilines is 2. The van der Waals surface area contributed by atoms with E-state index >= 15 is 0 Å². The van der Waals surface area contributed by atoms with E-state index in [2.05, 4.69) is 20.5 Å². The van der Waals surface area contributed by atoms with Crippen molar-refractivity contribution in [3.8, 4) is 0 Å². The molecule has 0 bridgehead atoms. The Labute approximate surface area is 170 Å². The minimum atomic E-state index is -0.256. The third-order valence-corrected chi connectivity index (χ3v) is 5.55. The van der Waals surface area contributed by atoms with Crippen LogP contribution in [0.5, 0.6) is 0 Å². The molecule has 7 nitrogen and oxygen atoms in total. The fourth-order valence-electron chi connectivity index (χ4n) is 3.64. The summed E-state index contributed by atoms with van der Waals surface area (Å²) in [7, 11) is 0. The van der Waals surface area contributed by atoms with Crippen LogP contribution in [0.15, 0.2) is 42.6 Å². The molecule has 0 atom stereocenters. The molecule has 7 heteroatoms. The number of nitrogens with zero attached hydrogens (tertiary/aromatic N) is 2. The lowest BCUT2D eigenvalue weighted by molar-refractivity contribution is 0.0935. The summed E-state index contributed by atoms with van der Waals surface area (Å²) in [5.74, 6) is 0.0449. The van der Waals surface area contributed by atoms with Crippen molar-refractivity contribution in [3.63, 3.8) is 0 Å². The number of hydrogen-bond acceptors (Lipinski definition) is 5. The van der Waals surface area contributed by atoms with Gasteiger partial charge in [0.05, 0.1) is 24.5 Å². The number of benzene rings is 1. The minimum absolute atomic E-state index is 0.240. The summed E-state index contributed by atoms with van der Waals surface area (Å²) in [6.45, 7) is 3.43. The SMILES string of the molecule is O=C(Nc1cccnc1C(=O)NCC1CCC1)c1ccccc1N1CCOCC1. The van der Waals surface area contributed by atoms with E-state index in [1.807, 2.05) is 18.2 Å². The molecule has 2 aromatic rings. The van der Waals surface area contributed by atoms with Gasteiger partial charge in [-0.2, -0.15) is 0 Å². The first-order valence-electron chi connectivity index (χ1n) is 10.2. The lowest BCUT2D eigenvalue weighted by atomic mass is 9.85. The highest BCUT2D eigenvalue weighted by Crippen LogP contribution is 2.26. The molecule has 1 aliphatic heterocycles. The molecular formula is C22H26N4O3. The number of amides is 2. The molecule has 0 unspecified atom stereocenters. The fraction of sp³-hybridized carbons (Fsp3) is 0.409. The van der Waals surface area contributed by atoms with Crippen molar-refractivity contribution in [2.24, 2.45) is 5.92 Å². The van der Waals surface area contributed by atoms with Crippen LogP contribution in [0.3, 0.4) is 0 Å². The first-order chi connectivity index (χ1) is 14.2. The van der Waals surface area contributed by atoms with Crippen molar-refractivity contribution < 1.29 is 14.3 Å². The maximum atomic E-state index is 13.0. The fourth-order valence-corrected chi connectivity index (χ4v) is 3.64. The molecule has 1 aromatic carbocycles. The second-order valence-corrected chi connectivity index (χ2v) is 7.48. The quantitative estimate of drug-likeness (QED) is 0.787. The van der Waals surface area contributed by atoms with Crippen LogP contribution in [0.4, 0.5) is 11.4 Å². The predicted molar refractivity (Wildman–Crippen MR) is 111 cm³/mol. The number of ether oxygens (including phenoxy) is 1. The molecule has 1 saturated heterocycles. The number of pyridine rings is 1. The zero-order chi connectivity index (χ0) is 20.1. The van der Waals surface area contributed by atoms with Crippen LogP contribution in [0.2, 0.25) is 0 Å². The first kappa shape index (κ1) is 19.4. The van der Waals surface area contributed by atoms with Gasteiger partial charge in [0.15, 0.2) is 5.69 Å². The van der Waals surface area contributed by atoms with Crippen molar-refractivity contribution >= 4 is 23.2 Å². The van der Waals surface area contributed by atoms with Gasteiger partial charge >= 0.3 is 0 Å². The van der Waals surface area contributed by atoms with Gasteiger partial charge in [-0.3, -0.25) is 9.59 Å². The Bertz CT molecular complexity index is 876. The number of rotatable bonds is 6. The highest BCUT2D eigenvalue weighted by atomic mass is 16.5. The number of aromatic nitrogens is 1. The van der Waals surface area contributed by atoms with Crippen LogP contribution in [-0.2, 0) is 4.74 Å². The zero-order valence-corrected chi connectivity index (χ0v) is 16.4.